The lowest BCUT2D eigenvalue weighted by atomic mass is 10.00. The zero-order valence-corrected chi connectivity index (χ0v) is 12.3. The van der Waals surface area contributed by atoms with Crippen LogP contribution >= 0.6 is 0 Å². The molecule has 3 rings (SSSR count). The smallest absolute Gasteiger partial charge is 0.340 e. The Morgan fingerprint density at radius 3 is 2.95 bits per heavy atom. The van der Waals surface area contributed by atoms with E-state index in [9.17, 15) is 9.90 Å². The van der Waals surface area contributed by atoms with Crippen LogP contribution in [0.1, 0.15) is 28.8 Å². The highest BCUT2D eigenvalue weighted by atomic mass is 16.5. The number of likely N-dealkylation sites (tertiary alicyclic amines) is 1. The number of carbonyl (C=O) groups excluding carboxylic acids is 1. The normalized spacial score (nSPS) is 28.6. The van der Waals surface area contributed by atoms with E-state index in [0.717, 1.165) is 31.5 Å². The molecule has 1 aliphatic carbocycles. The van der Waals surface area contributed by atoms with Crippen molar-refractivity contribution in [3.05, 3.63) is 29.3 Å². The van der Waals surface area contributed by atoms with Gasteiger partial charge in [0.15, 0.2) is 0 Å². The summed E-state index contributed by atoms with van der Waals surface area (Å²) in [5.41, 5.74) is 7.75. The Bertz CT molecular complexity index is 546. The van der Waals surface area contributed by atoms with Gasteiger partial charge in [-0.2, -0.15) is 0 Å². The standard InChI is InChI=1S/C16H22N2O3/c1-21-16(20)15-11(3-2-4-13(15)17)8-18-7-10-5-6-14(19)12(10)9-18/h2-4,10,12,14,19H,5-9,17H2,1H3. The van der Waals surface area contributed by atoms with Crippen molar-refractivity contribution in [2.45, 2.75) is 25.5 Å². The maximum atomic E-state index is 11.9. The molecular formula is C16H22N2O3. The van der Waals surface area contributed by atoms with Crippen LogP contribution in [-0.4, -0.2) is 42.3 Å². The number of aliphatic hydroxyl groups is 1. The first-order valence-corrected chi connectivity index (χ1v) is 7.46. The number of nitrogen functional groups attached to an aromatic ring is 1. The molecule has 0 bridgehead atoms. The minimum absolute atomic E-state index is 0.166. The van der Waals surface area contributed by atoms with Crippen LogP contribution in [0.25, 0.3) is 0 Å². The molecule has 3 unspecified atom stereocenters. The number of methoxy groups -OCH3 is 1. The van der Waals surface area contributed by atoms with E-state index < -0.39 is 0 Å². The van der Waals surface area contributed by atoms with E-state index >= 15 is 0 Å². The second-order valence-electron chi connectivity index (χ2n) is 6.14. The van der Waals surface area contributed by atoms with E-state index in [2.05, 4.69) is 4.90 Å². The van der Waals surface area contributed by atoms with Gasteiger partial charge in [0.2, 0.25) is 0 Å². The van der Waals surface area contributed by atoms with Crippen molar-refractivity contribution in [3.8, 4) is 0 Å². The molecule has 1 aromatic carbocycles. The zero-order valence-electron chi connectivity index (χ0n) is 12.3. The van der Waals surface area contributed by atoms with Crippen molar-refractivity contribution < 1.29 is 14.6 Å². The number of anilines is 1. The number of hydrogen-bond acceptors (Lipinski definition) is 5. The van der Waals surface area contributed by atoms with Crippen molar-refractivity contribution in [3.63, 3.8) is 0 Å². The lowest BCUT2D eigenvalue weighted by Crippen LogP contribution is -2.25. The van der Waals surface area contributed by atoms with Crippen molar-refractivity contribution >= 4 is 11.7 Å². The first kappa shape index (κ1) is 14.4. The molecule has 3 N–H and O–H groups in total. The first-order chi connectivity index (χ1) is 10.1. The van der Waals surface area contributed by atoms with Gasteiger partial charge in [0.25, 0.3) is 0 Å². The number of benzene rings is 1. The van der Waals surface area contributed by atoms with E-state index in [0.29, 0.717) is 29.6 Å². The summed E-state index contributed by atoms with van der Waals surface area (Å²) in [4.78, 5) is 14.2. The van der Waals surface area contributed by atoms with Gasteiger partial charge >= 0.3 is 5.97 Å². The molecule has 1 saturated heterocycles. The number of carbonyl (C=O) groups is 1. The molecular weight excluding hydrogens is 268 g/mol. The molecule has 0 radical (unpaired) electrons. The monoisotopic (exact) mass is 290 g/mol. The number of aliphatic hydroxyl groups excluding tert-OH is 1. The highest BCUT2D eigenvalue weighted by Gasteiger charge is 2.41. The van der Waals surface area contributed by atoms with Gasteiger partial charge < -0.3 is 15.6 Å². The number of esters is 1. The summed E-state index contributed by atoms with van der Waals surface area (Å²) in [6.07, 6.45) is 1.86. The third-order valence-electron chi connectivity index (χ3n) is 4.86. The van der Waals surface area contributed by atoms with E-state index in [4.69, 9.17) is 10.5 Å². The molecule has 114 valence electrons. The molecule has 5 heteroatoms. The average molecular weight is 290 g/mol. The second kappa shape index (κ2) is 5.66. The van der Waals surface area contributed by atoms with E-state index in [1.54, 1.807) is 6.07 Å². The quantitative estimate of drug-likeness (QED) is 0.647. The lowest BCUT2D eigenvalue weighted by molar-refractivity contribution is 0.0599. The topological polar surface area (TPSA) is 75.8 Å². The summed E-state index contributed by atoms with van der Waals surface area (Å²) < 4.78 is 4.84. The number of hydrogen-bond donors (Lipinski definition) is 2. The second-order valence-corrected chi connectivity index (χ2v) is 6.14. The summed E-state index contributed by atoms with van der Waals surface area (Å²) in [5, 5.41) is 9.99. The van der Waals surface area contributed by atoms with Gasteiger partial charge in [0, 0.05) is 31.2 Å². The molecule has 0 aromatic heterocycles. The third-order valence-corrected chi connectivity index (χ3v) is 4.86. The van der Waals surface area contributed by atoms with Crippen molar-refractivity contribution in [1.29, 1.82) is 0 Å². The highest BCUT2D eigenvalue weighted by molar-refractivity contribution is 5.96. The van der Waals surface area contributed by atoms with Crippen molar-refractivity contribution in [1.82, 2.24) is 4.90 Å². The van der Waals surface area contributed by atoms with Crippen LogP contribution in [0, 0.1) is 11.8 Å². The number of nitrogens with two attached hydrogens (primary N) is 1. The molecule has 5 nitrogen and oxygen atoms in total. The Kier molecular flexibility index (Phi) is 3.87. The fourth-order valence-electron chi connectivity index (χ4n) is 3.80. The zero-order chi connectivity index (χ0) is 15.0. The number of nitrogens with zero attached hydrogens (tertiary/aromatic N) is 1. The van der Waals surface area contributed by atoms with Crippen LogP contribution in [0.4, 0.5) is 5.69 Å². The van der Waals surface area contributed by atoms with Crippen LogP contribution in [0.5, 0.6) is 0 Å². The minimum Gasteiger partial charge on any atom is -0.465 e. The molecule has 0 amide bonds. The first-order valence-electron chi connectivity index (χ1n) is 7.46. The number of rotatable bonds is 3. The molecule has 2 fully saturated rings. The molecule has 0 spiro atoms. The van der Waals surface area contributed by atoms with E-state index in [-0.39, 0.29) is 12.1 Å². The summed E-state index contributed by atoms with van der Waals surface area (Å²) in [5.74, 6) is 0.581. The van der Waals surface area contributed by atoms with Crippen LogP contribution in [0.15, 0.2) is 18.2 Å². The molecule has 1 aliphatic heterocycles. The Balaban J connectivity index is 1.77. The Morgan fingerprint density at radius 1 is 1.43 bits per heavy atom. The number of ether oxygens (including phenoxy) is 1. The van der Waals surface area contributed by atoms with Gasteiger partial charge in [-0.05, 0) is 30.4 Å². The molecule has 1 heterocycles. The molecule has 1 aromatic rings. The van der Waals surface area contributed by atoms with Gasteiger partial charge in [-0.3, -0.25) is 4.90 Å². The van der Waals surface area contributed by atoms with Crippen molar-refractivity contribution in [2.75, 3.05) is 25.9 Å². The van der Waals surface area contributed by atoms with Crippen LogP contribution < -0.4 is 5.73 Å². The van der Waals surface area contributed by atoms with Gasteiger partial charge in [-0.25, -0.2) is 4.79 Å². The Hall–Kier alpha value is -1.59. The summed E-state index contributed by atoms with van der Waals surface area (Å²) >= 11 is 0. The SMILES string of the molecule is COC(=O)c1c(N)cccc1CN1CC2CCC(O)C2C1. The largest absolute Gasteiger partial charge is 0.465 e. The molecule has 2 aliphatic rings. The predicted octanol–water partition coefficient (Wildman–Crippen LogP) is 1.26. The maximum absolute atomic E-state index is 11.9. The van der Waals surface area contributed by atoms with Gasteiger partial charge in [-0.15, -0.1) is 0 Å². The van der Waals surface area contributed by atoms with Crippen LogP contribution in [-0.2, 0) is 11.3 Å². The fraction of sp³-hybridized carbons (Fsp3) is 0.562. The van der Waals surface area contributed by atoms with Gasteiger partial charge in [0.05, 0.1) is 18.8 Å². The summed E-state index contributed by atoms with van der Waals surface area (Å²) in [6.45, 7) is 2.55. The maximum Gasteiger partial charge on any atom is 0.340 e. The molecule has 3 atom stereocenters. The summed E-state index contributed by atoms with van der Waals surface area (Å²) in [7, 11) is 1.37. The summed E-state index contributed by atoms with van der Waals surface area (Å²) in [6, 6.07) is 5.51. The predicted molar refractivity (Wildman–Crippen MR) is 79.7 cm³/mol. The lowest BCUT2D eigenvalue weighted by Gasteiger charge is -2.20. The minimum atomic E-state index is -0.387. The van der Waals surface area contributed by atoms with Gasteiger partial charge in [-0.1, -0.05) is 12.1 Å². The molecule has 21 heavy (non-hydrogen) atoms. The molecule has 1 saturated carbocycles. The third kappa shape index (κ3) is 2.63. The van der Waals surface area contributed by atoms with E-state index in [1.807, 2.05) is 12.1 Å². The van der Waals surface area contributed by atoms with E-state index in [1.165, 1.54) is 7.11 Å². The Labute approximate surface area is 124 Å². The highest BCUT2D eigenvalue weighted by Crippen LogP contribution is 2.38. The van der Waals surface area contributed by atoms with Gasteiger partial charge in [0.1, 0.15) is 0 Å². The Morgan fingerprint density at radius 2 is 2.24 bits per heavy atom. The fourth-order valence-corrected chi connectivity index (χ4v) is 3.80. The van der Waals surface area contributed by atoms with Crippen LogP contribution in [0.2, 0.25) is 0 Å². The average Bonchev–Trinajstić information content (AvgIpc) is 3.01. The van der Waals surface area contributed by atoms with Crippen molar-refractivity contribution in [2.24, 2.45) is 11.8 Å². The van der Waals surface area contributed by atoms with Crippen LogP contribution in [0.3, 0.4) is 0 Å². The number of fused-ring (bicyclic) bond motifs is 1.